The van der Waals surface area contributed by atoms with Crippen molar-refractivity contribution in [3.05, 3.63) is 58.5 Å². The molecule has 3 nitrogen and oxygen atoms in total. The summed E-state index contributed by atoms with van der Waals surface area (Å²) in [5.41, 5.74) is 4.44. The van der Waals surface area contributed by atoms with Gasteiger partial charge in [0, 0.05) is 12.4 Å². The maximum absolute atomic E-state index is 4.40. The Bertz CT molecular complexity index is 679. The van der Waals surface area contributed by atoms with Crippen LogP contribution in [0, 0.1) is 0 Å². The van der Waals surface area contributed by atoms with E-state index in [-0.39, 0.29) is 6.04 Å². The third-order valence-corrected chi connectivity index (χ3v) is 4.00. The molecule has 102 valence electrons. The van der Waals surface area contributed by atoms with Gasteiger partial charge >= 0.3 is 0 Å². The lowest BCUT2D eigenvalue weighted by molar-refractivity contribution is 0.600. The highest BCUT2D eigenvalue weighted by Gasteiger charge is 2.14. The molecule has 0 amide bonds. The Morgan fingerprint density at radius 3 is 2.70 bits per heavy atom. The van der Waals surface area contributed by atoms with Crippen LogP contribution in [-0.2, 0) is 0 Å². The normalized spacial score (nSPS) is 12.7. The van der Waals surface area contributed by atoms with Gasteiger partial charge in [0.1, 0.15) is 0 Å². The molecule has 0 saturated carbocycles. The molecule has 0 saturated heterocycles. The molecule has 1 unspecified atom stereocenters. The number of thiophene rings is 1. The minimum absolute atomic E-state index is 0.229. The Kier molecular flexibility index (Phi) is 4.04. The van der Waals surface area contributed by atoms with Gasteiger partial charge in [-0.15, -0.1) is 0 Å². The summed E-state index contributed by atoms with van der Waals surface area (Å²) in [5.74, 6) is 0. The molecule has 4 heteroatoms. The van der Waals surface area contributed by atoms with Crippen molar-refractivity contribution in [3.8, 4) is 0 Å². The van der Waals surface area contributed by atoms with Crippen LogP contribution >= 0.6 is 11.3 Å². The smallest absolute Gasteiger partial charge is 0.0890 e. The fraction of sp³-hybridized carbons (Fsp3) is 0.250. The zero-order valence-corrected chi connectivity index (χ0v) is 12.2. The van der Waals surface area contributed by atoms with Gasteiger partial charge in [-0.25, -0.2) is 0 Å². The molecule has 0 fully saturated rings. The first-order chi connectivity index (χ1) is 9.88. The summed E-state index contributed by atoms with van der Waals surface area (Å²) in [6.07, 6.45) is 4.59. The Hall–Kier alpha value is -1.78. The Balaban J connectivity index is 1.99. The van der Waals surface area contributed by atoms with Crippen LogP contribution in [0.15, 0.2) is 47.4 Å². The van der Waals surface area contributed by atoms with E-state index in [2.05, 4.69) is 51.2 Å². The van der Waals surface area contributed by atoms with Crippen molar-refractivity contribution in [1.29, 1.82) is 0 Å². The molecular formula is C16H17N3S. The van der Waals surface area contributed by atoms with Gasteiger partial charge in [-0.05, 0) is 53.1 Å². The number of benzene rings is 1. The lowest BCUT2D eigenvalue weighted by Crippen LogP contribution is -2.22. The molecule has 20 heavy (non-hydrogen) atoms. The Morgan fingerprint density at radius 2 is 1.95 bits per heavy atom. The second kappa shape index (κ2) is 6.11. The van der Waals surface area contributed by atoms with E-state index in [1.54, 1.807) is 23.7 Å². The van der Waals surface area contributed by atoms with Gasteiger partial charge in [0.2, 0.25) is 0 Å². The zero-order chi connectivity index (χ0) is 13.8. The van der Waals surface area contributed by atoms with Crippen molar-refractivity contribution in [2.24, 2.45) is 0 Å². The topological polar surface area (TPSA) is 37.8 Å². The molecule has 1 atom stereocenters. The summed E-state index contributed by atoms with van der Waals surface area (Å²) in [6.45, 7) is 3.18. The van der Waals surface area contributed by atoms with Gasteiger partial charge in [0.15, 0.2) is 0 Å². The number of hydrogen-bond donors (Lipinski definition) is 1. The highest BCUT2D eigenvalue weighted by molar-refractivity contribution is 7.08. The van der Waals surface area contributed by atoms with Crippen LogP contribution in [0.1, 0.15) is 30.5 Å². The predicted octanol–water partition coefficient (Wildman–Crippen LogP) is 3.78. The first-order valence-electron chi connectivity index (χ1n) is 6.84. The number of fused-ring (bicyclic) bond motifs is 1. The van der Waals surface area contributed by atoms with Gasteiger partial charge in [0.05, 0.1) is 17.1 Å². The standard InChI is InChI=1S/C16H17N3S/c1-2-6-19-16(13-5-9-20-11-13)12-3-4-14-15(10-12)18-8-7-17-14/h3-5,7-11,16,19H,2,6H2,1H3. The van der Waals surface area contributed by atoms with Gasteiger partial charge in [-0.3, -0.25) is 9.97 Å². The minimum atomic E-state index is 0.229. The summed E-state index contributed by atoms with van der Waals surface area (Å²) in [4.78, 5) is 8.72. The summed E-state index contributed by atoms with van der Waals surface area (Å²) < 4.78 is 0. The highest BCUT2D eigenvalue weighted by atomic mass is 32.1. The van der Waals surface area contributed by atoms with Crippen LogP contribution in [0.5, 0.6) is 0 Å². The number of rotatable bonds is 5. The molecule has 3 rings (SSSR count). The van der Waals surface area contributed by atoms with Crippen molar-refractivity contribution in [2.75, 3.05) is 6.54 Å². The van der Waals surface area contributed by atoms with Crippen molar-refractivity contribution in [1.82, 2.24) is 15.3 Å². The van der Waals surface area contributed by atoms with Crippen molar-refractivity contribution >= 4 is 22.4 Å². The SMILES string of the molecule is CCCNC(c1ccsc1)c1ccc2nccnc2c1. The van der Waals surface area contributed by atoms with E-state index in [9.17, 15) is 0 Å². The van der Waals surface area contributed by atoms with Crippen molar-refractivity contribution in [3.63, 3.8) is 0 Å². The number of nitrogens with one attached hydrogen (secondary N) is 1. The molecule has 1 aromatic carbocycles. The summed E-state index contributed by atoms with van der Waals surface area (Å²) in [5, 5.41) is 7.94. The molecule has 0 aliphatic carbocycles. The first-order valence-corrected chi connectivity index (χ1v) is 7.79. The first kappa shape index (κ1) is 13.2. The zero-order valence-electron chi connectivity index (χ0n) is 11.4. The second-order valence-corrected chi connectivity index (χ2v) is 5.53. The quantitative estimate of drug-likeness (QED) is 0.774. The predicted molar refractivity (Wildman–Crippen MR) is 84.0 cm³/mol. The number of aromatic nitrogens is 2. The Labute approximate surface area is 122 Å². The van der Waals surface area contributed by atoms with Crippen LogP contribution in [0.2, 0.25) is 0 Å². The monoisotopic (exact) mass is 283 g/mol. The maximum Gasteiger partial charge on any atom is 0.0890 e. The fourth-order valence-corrected chi connectivity index (χ4v) is 3.00. The van der Waals surface area contributed by atoms with Gasteiger partial charge in [0.25, 0.3) is 0 Å². The average Bonchev–Trinajstić information content (AvgIpc) is 3.02. The molecule has 0 aliphatic rings. The molecule has 0 spiro atoms. The Morgan fingerprint density at radius 1 is 1.10 bits per heavy atom. The largest absolute Gasteiger partial charge is 0.306 e. The molecule has 2 aromatic heterocycles. The van der Waals surface area contributed by atoms with Gasteiger partial charge in [-0.1, -0.05) is 13.0 Å². The van der Waals surface area contributed by atoms with E-state index >= 15 is 0 Å². The molecule has 0 radical (unpaired) electrons. The van der Waals surface area contributed by atoms with Crippen LogP contribution < -0.4 is 5.32 Å². The lowest BCUT2D eigenvalue weighted by Gasteiger charge is -2.18. The summed E-state index contributed by atoms with van der Waals surface area (Å²) in [6, 6.07) is 8.73. The lowest BCUT2D eigenvalue weighted by atomic mass is 10.0. The van der Waals surface area contributed by atoms with Gasteiger partial charge in [-0.2, -0.15) is 11.3 Å². The van der Waals surface area contributed by atoms with E-state index in [0.717, 1.165) is 24.0 Å². The molecule has 1 N–H and O–H groups in total. The van der Waals surface area contributed by atoms with Gasteiger partial charge < -0.3 is 5.32 Å². The van der Waals surface area contributed by atoms with E-state index < -0.39 is 0 Å². The maximum atomic E-state index is 4.40. The summed E-state index contributed by atoms with van der Waals surface area (Å²) >= 11 is 1.73. The minimum Gasteiger partial charge on any atom is -0.306 e. The van der Waals surface area contributed by atoms with E-state index in [1.807, 2.05) is 6.07 Å². The van der Waals surface area contributed by atoms with E-state index in [1.165, 1.54) is 11.1 Å². The number of nitrogens with zero attached hydrogens (tertiary/aromatic N) is 2. The van der Waals surface area contributed by atoms with Crippen LogP contribution in [0.25, 0.3) is 11.0 Å². The van der Waals surface area contributed by atoms with Crippen molar-refractivity contribution < 1.29 is 0 Å². The molecule has 3 aromatic rings. The van der Waals surface area contributed by atoms with E-state index in [4.69, 9.17) is 0 Å². The molecule has 2 heterocycles. The second-order valence-electron chi connectivity index (χ2n) is 4.75. The molecular weight excluding hydrogens is 266 g/mol. The van der Waals surface area contributed by atoms with Crippen LogP contribution in [0.4, 0.5) is 0 Å². The van der Waals surface area contributed by atoms with Crippen LogP contribution in [-0.4, -0.2) is 16.5 Å². The fourth-order valence-electron chi connectivity index (χ4n) is 2.32. The average molecular weight is 283 g/mol. The van der Waals surface area contributed by atoms with E-state index in [0.29, 0.717) is 0 Å². The molecule has 0 aliphatic heterocycles. The molecule has 0 bridgehead atoms. The highest BCUT2D eigenvalue weighted by Crippen LogP contribution is 2.25. The van der Waals surface area contributed by atoms with Crippen LogP contribution in [0.3, 0.4) is 0 Å². The summed E-state index contributed by atoms with van der Waals surface area (Å²) in [7, 11) is 0. The van der Waals surface area contributed by atoms with Crippen molar-refractivity contribution in [2.45, 2.75) is 19.4 Å². The third-order valence-electron chi connectivity index (χ3n) is 3.30. The number of hydrogen-bond acceptors (Lipinski definition) is 4. The third kappa shape index (κ3) is 2.71.